The van der Waals surface area contributed by atoms with Crippen LogP contribution in [0.2, 0.25) is 0 Å². The normalized spacial score (nSPS) is 15.2. The van der Waals surface area contributed by atoms with Crippen LogP contribution in [0.1, 0.15) is 35.3 Å². The van der Waals surface area contributed by atoms with Gasteiger partial charge in [-0.1, -0.05) is 30.0 Å². The molecule has 0 unspecified atom stereocenters. The molecule has 168 valence electrons. The molecule has 6 nitrogen and oxygen atoms in total. The number of aryl methyl sites for hydroxylation is 3. The van der Waals surface area contributed by atoms with E-state index < -0.39 is 0 Å². The fourth-order valence-electron chi connectivity index (χ4n) is 4.73. The molecule has 5 rings (SSSR count). The first-order valence-corrected chi connectivity index (χ1v) is 13.0. The predicted octanol–water partition coefficient (Wildman–Crippen LogP) is 4.05. The van der Waals surface area contributed by atoms with Crippen molar-refractivity contribution in [2.75, 3.05) is 30.9 Å². The zero-order chi connectivity index (χ0) is 22.1. The van der Waals surface area contributed by atoms with Crippen LogP contribution in [0, 0.1) is 0 Å². The molecule has 0 radical (unpaired) electrons. The van der Waals surface area contributed by atoms with E-state index >= 15 is 0 Å². The first-order valence-electron chi connectivity index (χ1n) is 11.2. The maximum absolute atomic E-state index is 13.5. The van der Waals surface area contributed by atoms with Crippen molar-refractivity contribution < 1.29 is 9.53 Å². The Morgan fingerprint density at radius 1 is 1.22 bits per heavy atom. The minimum atomic E-state index is 0.0313. The van der Waals surface area contributed by atoms with Gasteiger partial charge in [0.05, 0.1) is 11.1 Å². The average Bonchev–Trinajstić information content (AvgIpc) is 3.40. The van der Waals surface area contributed by atoms with Crippen LogP contribution in [0.15, 0.2) is 34.2 Å². The summed E-state index contributed by atoms with van der Waals surface area (Å²) >= 11 is 3.02. The second kappa shape index (κ2) is 9.37. The van der Waals surface area contributed by atoms with Gasteiger partial charge in [0.1, 0.15) is 4.83 Å². The maximum Gasteiger partial charge on any atom is 0.263 e. The standard InChI is InChI=1S/C24H27N3O3S2/c1-30-14-6-13-27-23(29)21-17-9-4-11-19(17)32-22(21)25-24(27)31-15-20(28)26-12-5-8-16-7-2-3-10-18(16)26/h2-3,7,10H,4-6,8-9,11-15H2,1H3. The predicted molar refractivity (Wildman–Crippen MR) is 130 cm³/mol. The lowest BCUT2D eigenvalue weighted by Gasteiger charge is -2.29. The van der Waals surface area contributed by atoms with Gasteiger partial charge < -0.3 is 9.64 Å². The summed E-state index contributed by atoms with van der Waals surface area (Å²) in [6.45, 7) is 1.87. The van der Waals surface area contributed by atoms with Gasteiger partial charge >= 0.3 is 0 Å². The minimum Gasteiger partial charge on any atom is -0.385 e. The number of benzene rings is 1. The van der Waals surface area contributed by atoms with Gasteiger partial charge in [-0.25, -0.2) is 4.98 Å². The molecule has 2 aliphatic rings. The molecule has 32 heavy (non-hydrogen) atoms. The monoisotopic (exact) mass is 469 g/mol. The number of amides is 1. The van der Waals surface area contributed by atoms with E-state index in [2.05, 4.69) is 6.07 Å². The molecule has 0 saturated carbocycles. The first kappa shape index (κ1) is 21.7. The van der Waals surface area contributed by atoms with E-state index in [1.165, 1.54) is 27.8 Å². The fourth-order valence-corrected chi connectivity index (χ4v) is 6.93. The summed E-state index contributed by atoms with van der Waals surface area (Å²) in [6, 6.07) is 8.13. The number of ether oxygens (including phenoxy) is 1. The maximum atomic E-state index is 13.5. The van der Waals surface area contributed by atoms with Crippen LogP contribution in [0.4, 0.5) is 5.69 Å². The number of aromatic nitrogens is 2. The van der Waals surface area contributed by atoms with Crippen LogP contribution in [0.5, 0.6) is 0 Å². The number of carbonyl (C=O) groups is 1. The molecule has 0 bridgehead atoms. The molecule has 2 aromatic heterocycles. The Hall–Kier alpha value is -2.16. The minimum absolute atomic E-state index is 0.0313. The molecule has 0 spiro atoms. The largest absolute Gasteiger partial charge is 0.385 e. The van der Waals surface area contributed by atoms with Gasteiger partial charge in [0.25, 0.3) is 5.56 Å². The zero-order valence-corrected chi connectivity index (χ0v) is 19.9. The Morgan fingerprint density at radius 2 is 2.09 bits per heavy atom. The van der Waals surface area contributed by atoms with Crippen molar-refractivity contribution >= 4 is 44.9 Å². The third kappa shape index (κ3) is 4.00. The first-order chi connectivity index (χ1) is 15.7. The lowest BCUT2D eigenvalue weighted by atomic mass is 10.0. The molecule has 1 aliphatic carbocycles. The Balaban J connectivity index is 1.43. The molecule has 0 saturated heterocycles. The zero-order valence-electron chi connectivity index (χ0n) is 18.3. The van der Waals surface area contributed by atoms with E-state index in [-0.39, 0.29) is 17.2 Å². The Kier molecular flexibility index (Phi) is 6.35. The fraction of sp³-hybridized carbons (Fsp3) is 0.458. The lowest BCUT2D eigenvalue weighted by Crippen LogP contribution is -2.36. The average molecular weight is 470 g/mol. The second-order valence-corrected chi connectivity index (χ2v) is 10.3. The number of hydrogen-bond donors (Lipinski definition) is 0. The summed E-state index contributed by atoms with van der Waals surface area (Å²) in [5.41, 5.74) is 3.46. The Labute approximate surface area is 195 Å². The van der Waals surface area contributed by atoms with Gasteiger partial charge in [-0.3, -0.25) is 14.2 Å². The molecule has 1 aromatic carbocycles. The van der Waals surface area contributed by atoms with Crippen LogP contribution < -0.4 is 10.5 Å². The van der Waals surface area contributed by atoms with Crippen molar-refractivity contribution in [3.05, 3.63) is 50.6 Å². The van der Waals surface area contributed by atoms with Crippen molar-refractivity contribution in [2.24, 2.45) is 0 Å². The number of rotatable bonds is 7. The summed E-state index contributed by atoms with van der Waals surface area (Å²) < 4.78 is 6.96. The van der Waals surface area contributed by atoms with Gasteiger partial charge in [-0.2, -0.15) is 0 Å². The highest BCUT2D eigenvalue weighted by molar-refractivity contribution is 7.99. The summed E-state index contributed by atoms with van der Waals surface area (Å²) in [7, 11) is 1.67. The number of anilines is 1. The van der Waals surface area contributed by atoms with Crippen LogP contribution >= 0.6 is 23.1 Å². The van der Waals surface area contributed by atoms with Gasteiger partial charge in [-0.15, -0.1) is 11.3 Å². The number of hydrogen-bond acceptors (Lipinski definition) is 6. The number of methoxy groups -OCH3 is 1. The topological polar surface area (TPSA) is 64.4 Å². The van der Waals surface area contributed by atoms with Crippen LogP contribution in [0.25, 0.3) is 10.2 Å². The van der Waals surface area contributed by atoms with Crippen molar-refractivity contribution in [1.29, 1.82) is 0 Å². The summed E-state index contributed by atoms with van der Waals surface area (Å²) in [5, 5.41) is 1.43. The van der Waals surface area contributed by atoms with Gasteiger partial charge in [0.15, 0.2) is 5.16 Å². The van der Waals surface area contributed by atoms with E-state index in [1.807, 2.05) is 23.1 Å². The van der Waals surface area contributed by atoms with Gasteiger partial charge in [0.2, 0.25) is 5.91 Å². The van der Waals surface area contributed by atoms with Crippen LogP contribution in [0.3, 0.4) is 0 Å². The molecule has 1 aliphatic heterocycles. The highest BCUT2D eigenvalue weighted by Gasteiger charge is 2.25. The molecule has 1 amide bonds. The summed E-state index contributed by atoms with van der Waals surface area (Å²) in [5.74, 6) is 0.329. The van der Waals surface area contributed by atoms with E-state index in [9.17, 15) is 9.59 Å². The summed E-state index contributed by atoms with van der Waals surface area (Å²) in [4.78, 5) is 35.5. The molecule has 0 N–H and O–H groups in total. The number of fused-ring (bicyclic) bond motifs is 4. The number of thiophene rings is 1. The molecular formula is C24H27N3O3S2. The van der Waals surface area contributed by atoms with E-state index in [0.29, 0.717) is 18.3 Å². The highest BCUT2D eigenvalue weighted by Crippen LogP contribution is 2.36. The number of nitrogens with zero attached hydrogens (tertiary/aromatic N) is 3. The number of para-hydroxylation sites is 1. The molecule has 3 heterocycles. The SMILES string of the molecule is COCCCn1c(SCC(=O)N2CCCc3ccccc32)nc2sc3c(c2c1=O)CCC3. The van der Waals surface area contributed by atoms with E-state index in [0.717, 1.165) is 61.0 Å². The molecule has 8 heteroatoms. The van der Waals surface area contributed by atoms with Crippen molar-refractivity contribution in [3.63, 3.8) is 0 Å². The van der Waals surface area contributed by atoms with Crippen LogP contribution in [-0.4, -0.2) is 41.5 Å². The Bertz CT molecular complexity index is 1220. The van der Waals surface area contributed by atoms with Crippen molar-refractivity contribution in [2.45, 2.75) is 50.2 Å². The van der Waals surface area contributed by atoms with Crippen molar-refractivity contribution in [3.8, 4) is 0 Å². The van der Waals surface area contributed by atoms with E-state index in [4.69, 9.17) is 9.72 Å². The third-order valence-electron chi connectivity index (χ3n) is 6.26. The molecule has 0 fully saturated rings. The van der Waals surface area contributed by atoms with E-state index in [1.54, 1.807) is 23.0 Å². The smallest absolute Gasteiger partial charge is 0.263 e. The van der Waals surface area contributed by atoms with Crippen LogP contribution in [-0.2, 0) is 35.3 Å². The summed E-state index contributed by atoms with van der Waals surface area (Å²) in [6.07, 6.45) is 5.82. The van der Waals surface area contributed by atoms with Gasteiger partial charge in [-0.05, 0) is 55.7 Å². The van der Waals surface area contributed by atoms with Gasteiger partial charge in [0, 0.05) is 37.4 Å². The highest BCUT2D eigenvalue weighted by atomic mass is 32.2. The quantitative estimate of drug-likeness (QED) is 0.297. The van der Waals surface area contributed by atoms with Crippen molar-refractivity contribution in [1.82, 2.24) is 9.55 Å². The second-order valence-electron chi connectivity index (χ2n) is 8.30. The molecule has 3 aromatic rings. The number of carbonyl (C=O) groups excluding carboxylic acids is 1. The molecule has 0 atom stereocenters. The lowest BCUT2D eigenvalue weighted by molar-refractivity contribution is -0.116. The molecular weight excluding hydrogens is 442 g/mol. The Morgan fingerprint density at radius 3 is 2.97 bits per heavy atom. The third-order valence-corrected chi connectivity index (χ3v) is 8.40. The number of thioether (sulfide) groups is 1.